The lowest BCUT2D eigenvalue weighted by molar-refractivity contribution is -0.138. The molecule has 3 unspecified atom stereocenters. The Hall–Kier alpha value is -2.58. The first-order valence-corrected chi connectivity index (χ1v) is 11.3. The van der Waals surface area contributed by atoms with Crippen molar-refractivity contribution in [3.8, 4) is 0 Å². The van der Waals surface area contributed by atoms with Gasteiger partial charge in [0.2, 0.25) is 5.91 Å². The Bertz CT molecular complexity index is 985. The monoisotopic (exact) mass is 465 g/mol. The minimum Gasteiger partial charge on any atom is -0.444 e. The number of pyridine rings is 1. The van der Waals surface area contributed by atoms with Gasteiger partial charge in [-0.1, -0.05) is 13.0 Å². The predicted octanol–water partition coefficient (Wildman–Crippen LogP) is 4.80. The number of hydrogen-bond donors (Lipinski definition) is 1. The third kappa shape index (κ3) is 4.46. The van der Waals surface area contributed by atoms with Gasteiger partial charge in [0.25, 0.3) is 0 Å². The molecule has 9 heteroatoms. The summed E-state index contributed by atoms with van der Waals surface area (Å²) in [4.78, 5) is 31.3. The third-order valence-electron chi connectivity index (χ3n) is 7.21. The first kappa shape index (κ1) is 23.6. The lowest BCUT2D eigenvalue weighted by Crippen LogP contribution is -2.40. The quantitative estimate of drug-likeness (QED) is 0.681. The highest BCUT2D eigenvalue weighted by Gasteiger charge is 2.60. The van der Waals surface area contributed by atoms with E-state index in [0.29, 0.717) is 37.8 Å². The minimum absolute atomic E-state index is 0.0119. The van der Waals surface area contributed by atoms with Crippen LogP contribution >= 0.6 is 0 Å². The van der Waals surface area contributed by atoms with Crippen LogP contribution in [0.1, 0.15) is 64.5 Å². The molecule has 0 radical (unpaired) electrons. The van der Waals surface area contributed by atoms with Crippen LogP contribution in [0.5, 0.6) is 0 Å². The van der Waals surface area contributed by atoms with Gasteiger partial charge in [-0.3, -0.25) is 9.78 Å². The van der Waals surface area contributed by atoms with E-state index >= 15 is 0 Å². The fraction of sp³-hybridized carbons (Fsp3) is 0.625. The molecule has 4 atom stereocenters. The zero-order valence-electron chi connectivity index (χ0n) is 19.3. The third-order valence-corrected chi connectivity index (χ3v) is 7.21. The molecule has 1 aliphatic carbocycles. The van der Waals surface area contributed by atoms with E-state index in [9.17, 15) is 22.8 Å². The molecule has 6 nitrogen and oxygen atoms in total. The highest BCUT2D eigenvalue weighted by molar-refractivity contribution is 5.88. The Morgan fingerprint density at radius 1 is 1.27 bits per heavy atom. The Labute approximate surface area is 191 Å². The van der Waals surface area contributed by atoms with Crippen LogP contribution < -0.4 is 5.32 Å². The van der Waals surface area contributed by atoms with Crippen LogP contribution in [0.3, 0.4) is 0 Å². The van der Waals surface area contributed by atoms with E-state index in [1.54, 1.807) is 20.8 Å². The van der Waals surface area contributed by atoms with Crippen LogP contribution in [0.15, 0.2) is 24.5 Å². The minimum atomic E-state index is -4.45. The number of alkyl halides is 3. The molecular weight excluding hydrogens is 435 g/mol. The van der Waals surface area contributed by atoms with Gasteiger partial charge in [0.15, 0.2) is 0 Å². The summed E-state index contributed by atoms with van der Waals surface area (Å²) in [6.45, 7) is 7.81. The topological polar surface area (TPSA) is 71.5 Å². The Morgan fingerprint density at radius 2 is 2.00 bits per heavy atom. The van der Waals surface area contributed by atoms with Crippen LogP contribution in [0.4, 0.5) is 18.0 Å². The Kier molecular flexibility index (Phi) is 5.73. The predicted molar refractivity (Wildman–Crippen MR) is 116 cm³/mol. The largest absolute Gasteiger partial charge is 0.444 e. The zero-order valence-corrected chi connectivity index (χ0v) is 19.3. The Morgan fingerprint density at radius 3 is 2.67 bits per heavy atom. The SMILES string of the molecule is CC1C2CC(c3cncc(C(F)(F)F)c3)=CCN2C(=O)[C@]12CCC(NC(=O)OC(C)(C)C)C2. The van der Waals surface area contributed by atoms with Crippen molar-refractivity contribution >= 4 is 17.6 Å². The van der Waals surface area contributed by atoms with Crippen LogP contribution in [0, 0.1) is 11.3 Å². The van der Waals surface area contributed by atoms with E-state index < -0.39 is 28.8 Å². The molecule has 3 aliphatic rings. The van der Waals surface area contributed by atoms with Crippen molar-refractivity contribution in [2.45, 2.75) is 77.2 Å². The molecule has 1 spiro atoms. The average molecular weight is 466 g/mol. The highest BCUT2D eigenvalue weighted by Crippen LogP contribution is 2.54. The van der Waals surface area contributed by atoms with Crippen molar-refractivity contribution in [2.24, 2.45) is 11.3 Å². The number of carbonyl (C=O) groups is 2. The van der Waals surface area contributed by atoms with Crippen LogP contribution in [-0.4, -0.2) is 46.1 Å². The molecule has 1 saturated heterocycles. The number of hydrogen-bond acceptors (Lipinski definition) is 4. The van der Waals surface area contributed by atoms with Gasteiger partial charge in [0, 0.05) is 31.0 Å². The first-order valence-electron chi connectivity index (χ1n) is 11.3. The van der Waals surface area contributed by atoms with Gasteiger partial charge in [-0.25, -0.2) is 4.79 Å². The maximum absolute atomic E-state index is 13.5. The van der Waals surface area contributed by atoms with E-state index in [1.165, 1.54) is 6.20 Å². The van der Waals surface area contributed by atoms with Crippen molar-refractivity contribution in [3.05, 3.63) is 35.7 Å². The summed E-state index contributed by atoms with van der Waals surface area (Å²) in [7, 11) is 0. The molecule has 180 valence electrons. The molecule has 4 rings (SSSR count). The van der Waals surface area contributed by atoms with Crippen molar-refractivity contribution in [2.75, 3.05) is 6.54 Å². The molecule has 0 bridgehead atoms. The first-order chi connectivity index (χ1) is 15.3. The molecule has 2 amide bonds. The van der Waals surface area contributed by atoms with Gasteiger partial charge >= 0.3 is 12.3 Å². The summed E-state index contributed by atoms with van der Waals surface area (Å²) >= 11 is 0. The summed E-state index contributed by atoms with van der Waals surface area (Å²) in [6, 6.07) is 0.891. The number of alkyl carbamates (subject to hydrolysis) is 1. The van der Waals surface area contributed by atoms with E-state index in [2.05, 4.69) is 10.3 Å². The molecule has 0 aromatic carbocycles. The summed E-state index contributed by atoms with van der Waals surface area (Å²) in [5.41, 5.74) is -0.714. The number of aromatic nitrogens is 1. The van der Waals surface area contributed by atoms with E-state index in [0.717, 1.165) is 17.8 Å². The lowest BCUT2D eigenvalue weighted by atomic mass is 9.73. The fourth-order valence-corrected chi connectivity index (χ4v) is 5.58. The van der Waals surface area contributed by atoms with Crippen LogP contribution in [0.25, 0.3) is 5.57 Å². The zero-order chi connectivity index (χ0) is 24.2. The second-order valence-corrected chi connectivity index (χ2v) is 10.4. The van der Waals surface area contributed by atoms with Crippen LogP contribution in [0.2, 0.25) is 0 Å². The maximum atomic E-state index is 13.5. The second kappa shape index (κ2) is 8.02. The van der Waals surface area contributed by atoms with Crippen LogP contribution in [-0.2, 0) is 15.7 Å². The number of halogens is 3. The second-order valence-electron chi connectivity index (χ2n) is 10.4. The van der Waals surface area contributed by atoms with Gasteiger partial charge in [0.1, 0.15) is 5.60 Å². The van der Waals surface area contributed by atoms with E-state index in [4.69, 9.17) is 4.74 Å². The van der Waals surface area contributed by atoms with Gasteiger partial charge in [0.05, 0.1) is 11.0 Å². The molecule has 1 N–H and O–H groups in total. The van der Waals surface area contributed by atoms with Crippen molar-refractivity contribution in [1.29, 1.82) is 0 Å². The molecule has 1 saturated carbocycles. The fourth-order valence-electron chi connectivity index (χ4n) is 5.58. The number of ether oxygens (including phenoxy) is 1. The van der Waals surface area contributed by atoms with Crippen molar-refractivity contribution in [1.82, 2.24) is 15.2 Å². The Balaban J connectivity index is 1.48. The van der Waals surface area contributed by atoms with Gasteiger partial charge in [-0.15, -0.1) is 0 Å². The summed E-state index contributed by atoms with van der Waals surface area (Å²) in [5, 5.41) is 2.90. The van der Waals surface area contributed by atoms with Gasteiger partial charge in [-0.2, -0.15) is 13.2 Å². The number of amides is 2. The van der Waals surface area contributed by atoms with Gasteiger partial charge in [-0.05, 0) is 69.6 Å². The molecule has 2 fully saturated rings. The number of fused-ring (bicyclic) bond motifs is 1. The summed E-state index contributed by atoms with van der Waals surface area (Å²) < 4.78 is 44.7. The molecule has 1 aromatic heterocycles. The summed E-state index contributed by atoms with van der Waals surface area (Å²) in [6.07, 6.45) is 1.56. The van der Waals surface area contributed by atoms with Gasteiger partial charge < -0.3 is 15.0 Å². The number of nitrogens with zero attached hydrogens (tertiary/aromatic N) is 2. The molecule has 33 heavy (non-hydrogen) atoms. The van der Waals surface area contributed by atoms with Crippen molar-refractivity contribution < 1.29 is 27.5 Å². The number of carbonyl (C=O) groups excluding carboxylic acids is 2. The smallest absolute Gasteiger partial charge is 0.417 e. The number of nitrogens with one attached hydrogen (secondary N) is 1. The highest BCUT2D eigenvalue weighted by atomic mass is 19.4. The molecule has 1 aromatic rings. The lowest BCUT2D eigenvalue weighted by Gasteiger charge is -2.32. The van der Waals surface area contributed by atoms with Crippen molar-refractivity contribution in [3.63, 3.8) is 0 Å². The van der Waals surface area contributed by atoms with E-state index in [-0.39, 0.29) is 23.9 Å². The number of rotatable bonds is 2. The molecule has 3 heterocycles. The molecular formula is C24H30F3N3O3. The maximum Gasteiger partial charge on any atom is 0.417 e. The standard InChI is InChI=1S/C24H30F3N3O3/c1-14-19-10-15(16-9-17(13-28-12-16)24(25,26)27)6-8-30(19)20(31)23(14)7-5-18(11-23)29-21(32)33-22(2,3)4/h6,9,12-14,18-19H,5,7-8,10-11H2,1-4H3,(H,29,32)/t14?,18?,19?,23-/m0/s1. The normalized spacial score (nSPS) is 29.8. The van der Waals surface area contributed by atoms with E-state index in [1.807, 2.05) is 17.9 Å². The molecule has 2 aliphatic heterocycles. The summed E-state index contributed by atoms with van der Waals surface area (Å²) in [5.74, 6) is 0.0869. The average Bonchev–Trinajstić information content (AvgIpc) is 3.22.